The molecule has 1 atom stereocenters. The van der Waals surface area contributed by atoms with E-state index >= 15 is 0 Å². The molecule has 0 spiro atoms. The van der Waals surface area contributed by atoms with Crippen LogP contribution < -0.4 is 10.6 Å². The summed E-state index contributed by atoms with van der Waals surface area (Å²) in [7, 11) is 0. The molecule has 1 unspecified atom stereocenters. The van der Waals surface area contributed by atoms with Gasteiger partial charge in [-0.2, -0.15) is 5.26 Å². The lowest BCUT2D eigenvalue weighted by molar-refractivity contribution is 0.0761. The zero-order chi connectivity index (χ0) is 13.4. The van der Waals surface area contributed by atoms with Crippen LogP contribution in [0.15, 0.2) is 0 Å². The van der Waals surface area contributed by atoms with Crippen LogP contribution in [0.2, 0.25) is 0 Å². The van der Waals surface area contributed by atoms with Gasteiger partial charge in [-0.25, -0.2) is 9.97 Å². The lowest BCUT2D eigenvalue weighted by Crippen LogP contribution is -2.42. The van der Waals surface area contributed by atoms with Crippen molar-refractivity contribution in [3.63, 3.8) is 0 Å². The highest BCUT2D eigenvalue weighted by atomic mass is 16.5. The Morgan fingerprint density at radius 1 is 1.42 bits per heavy atom. The Bertz CT molecular complexity index is 535. The van der Waals surface area contributed by atoms with E-state index in [-0.39, 0.29) is 0 Å². The van der Waals surface area contributed by atoms with E-state index in [1.807, 2.05) is 6.92 Å². The summed E-state index contributed by atoms with van der Waals surface area (Å²) in [6.45, 7) is 3.75. The van der Waals surface area contributed by atoms with Crippen molar-refractivity contribution in [1.82, 2.24) is 9.97 Å². The molecule has 19 heavy (non-hydrogen) atoms. The van der Waals surface area contributed by atoms with Gasteiger partial charge in [-0.15, -0.1) is 0 Å². The van der Waals surface area contributed by atoms with E-state index in [2.05, 4.69) is 20.9 Å². The van der Waals surface area contributed by atoms with Crippen LogP contribution in [-0.4, -0.2) is 35.8 Å². The Hall–Kier alpha value is -1.87. The smallest absolute Gasteiger partial charge is 0.161 e. The van der Waals surface area contributed by atoms with E-state index in [1.54, 1.807) is 0 Å². The number of ether oxygens (including phenoxy) is 1. The van der Waals surface area contributed by atoms with E-state index in [4.69, 9.17) is 15.7 Å². The van der Waals surface area contributed by atoms with Gasteiger partial charge >= 0.3 is 0 Å². The fraction of sp³-hybridized carbons (Fsp3) is 0.615. The second-order valence-electron chi connectivity index (χ2n) is 5.12. The molecule has 0 radical (unpaired) electrons. The van der Waals surface area contributed by atoms with E-state index < -0.39 is 6.10 Å². The molecule has 2 heterocycles. The molecule has 1 aliphatic carbocycles. The van der Waals surface area contributed by atoms with Gasteiger partial charge in [0.05, 0.1) is 19.2 Å². The zero-order valence-electron chi connectivity index (χ0n) is 11.0. The fourth-order valence-corrected chi connectivity index (χ4v) is 2.29. The predicted molar refractivity (Wildman–Crippen MR) is 70.7 cm³/mol. The van der Waals surface area contributed by atoms with Gasteiger partial charge in [0.2, 0.25) is 0 Å². The van der Waals surface area contributed by atoms with Gasteiger partial charge in [-0.1, -0.05) is 0 Å². The standard InChI is InChI=1S/C13H17N5O/c1-8-11(15)16-12(9-2-3-9)17-13(8)18-4-5-19-10(6-14)7-18/h9-10H,2-5,7H2,1H3,(H2,15,16,17). The summed E-state index contributed by atoms with van der Waals surface area (Å²) in [5, 5.41) is 8.97. The number of nitrogen functional groups attached to an aromatic ring is 1. The topological polar surface area (TPSA) is 88.1 Å². The van der Waals surface area contributed by atoms with Crippen molar-refractivity contribution in [3.8, 4) is 6.07 Å². The number of aromatic nitrogens is 2. The first kappa shape index (κ1) is 12.2. The third-order valence-corrected chi connectivity index (χ3v) is 3.63. The summed E-state index contributed by atoms with van der Waals surface area (Å²) in [6, 6.07) is 2.15. The van der Waals surface area contributed by atoms with Gasteiger partial charge < -0.3 is 15.4 Å². The van der Waals surface area contributed by atoms with Crippen molar-refractivity contribution < 1.29 is 4.74 Å². The first-order valence-electron chi connectivity index (χ1n) is 6.59. The maximum Gasteiger partial charge on any atom is 0.161 e. The normalized spacial score (nSPS) is 23.2. The van der Waals surface area contributed by atoms with Gasteiger partial charge in [0.15, 0.2) is 6.10 Å². The molecular weight excluding hydrogens is 242 g/mol. The summed E-state index contributed by atoms with van der Waals surface area (Å²) in [5.74, 6) is 2.72. The number of anilines is 2. The number of nitrogens with zero attached hydrogens (tertiary/aromatic N) is 4. The fourth-order valence-electron chi connectivity index (χ4n) is 2.29. The van der Waals surface area contributed by atoms with Crippen molar-refractivity contribution in [2.45, 2.75) is 31.8 Å². The molecule has 0 aromatic carbocycles. The van der Waals surface area contributed by atoms with Crippen LogP contribution in [0, 0.1) is 18.3 Å². The Balaban J connectivity index is 1.92. The van der Waals surface area contributed by atoms with Crippen LogP contribution >= 0.6 is 0 Å². The number of rotatable bonds is 2. The highest BCUT2D eigenvalue weighted by molar-refractivity contribution is 5.57. The third-order valence-electron chi connectivity index (χ3n) is 3.63. The van der Waals surface area contributed by atoms with Gasteiger partial charge in [-0.05, 0) is 19.8 Å². The summed E-state index contributed by atoms with van der Waals surface area (Å²) in [5.41, 5.74) is 6.88. The molecule has 100 valence electrons. The van der Waals surface area contributed by atoms with Crippen molar-refractivity contribution in [2.75, 3.05) is 30.3 Å². The second-order valence-corrected chi connectivity index (χ2v) is 5.12. The largest absolute Gasteiger partial charge is 0.383 e. The molecule has 0 bridgehead atoms. The Morgan fingerprint density at radius 2 is 2.21 bits per heavy atom. The van der Waals surface area contributed by atoms with Gasteiger partial charge in [0.1, 0.15) is 17.5 Å². The van der Waals surface area contributed by atoms with Crippen LogP contribution in [0.3, 0.4) is 0 Å². The summed E-state index contributed by atoms with van der Waals surface area (Å²) in [6.07, 6.45) is 1.89. The Morgan fingerprint density at radius 3 is 2.89 bits per heavy atom. The SMILES string of the molecule is Cc1c(N)nc(C2CC2)nc1N1CCOC(C#N)C1. The average Bonchev–Trinajstić information content (AvgIpc) is 3.26. The monoisotopic (exact) mass is 259 g/mol. The maximum absolute atomic E-state index is 8.97. The molecule has 1 aliphatic heterocycles. The molecule has 6 heteroatoms. The van der Waals surface area contributed by atoms with E-state index in [0.29, 0.717) is 24.9 Å². The molecule has 6 nitrogen and oxygen atoms in total. The first-order valence-corrected chi connectivity index (χ1v) is 6.59. The quantitative estimate of drug-likeness (QED) is 0.851. The molecule has 1 aromatic rings. The number of hydrogen-bond donors (Lipinski definition) is 1. The molecule has 0 amide bonds. The molecule has 1 aromatic heterocycles. The van der Waals surface area contributed by atoms with Gasteiger partial charge in [0.25, 0.3) is 0 Å². The summed E-state index contributed by atoms with van der Waals surface area (Å²) >= 11 is 0. The minimum Gasteiger partial charge on any atom is -0.383 e. The highest BCUT2D eigenvalue weighted by Gasteiger charge is 2.30. The van der Waals surface area contributed by atoms with Crippen molar-refractivity contribution in [3.05, 3.63) is 11.4 Å². The van der Waals surface area contributed by atoms with Crippen LogP contribution in [0.4, 0.5) is 11.6 Å². The number of morpholine rings is 1. The molecule has 1 saturated heterocycles. The predicted octanol–water partition coefficient (Wildman–Crippen LogP) is 0.973. The van der Waals surface area contributed by atoms with Crippen LogP contribution in [0.25, 0.3) is 0 Å². The van der Waals surface area contributed by atoms with Gasteiger partial charge in [0, 0.05) is 18.0 Å². The van der Waals surface area contributed by atoms with Crippen LogP contribution in [0.1, 0.15) is 30.1 Å². The molecule has 2 N–H and O–H groups in total. The second kappa shape index (κ2) is 4.67. The number of hydrogen-bond acceptors (Lipinski definition) is 6. The van der Waals surface area contributed by atoms with Crippen molar-refractivity contribution >= 4 is 11.6 Å². The number of nitriles is 1. The van der Waals surface area contributed by atoms with E-state index in [0.717, 1.165) is 36.6 Å². The van der Waals surface area contributed by atoms with E-state index in [9.17, 15) is 0 Å². The van der Waals surface area contributed by atoms with Crippen LogP contribution in [-0.2, 0) is 4.74 Å². The molecule has 3 rings (SSSR count). The minimum atomic E-state index is -0.395. The summed E-state index contributed by atoms with van der Waals surface area (Å²) in [4.78, 5) is 11.1. The average molecular weight is 259 g/mol. The zero-order valence-corrected chi connectivity index (χ0v) is 11.0. The lowest BCUT2D eigenvalue weighted by atomic mass is 10.2. The van der Waals surface area contributed by atoms with Crippen molar-refractivity contribution in [1.29, 1.82) is 5.26 Å². The minimum absolute atomic E-state index is 0.395. The van der Waals surface area contributed by atoms with Crippen molar-refractivity contribution in [2.24, 2.45) is 0 Å². The molecule has 2 aliphatic rings. The lowest BCUT2D eigenvalue weighted by Gasteiger charge is -2.32. The highest BCUT2D eigenvalue weighted by Crippen LogP contribution is 2.39. The Kier molecular flexibility index (Phi) is 2.99. The number of nitrogens with two attached hydrogens (primary N) is 1. The molecule has 2 fully saturated rings. The van der Waals surface area contributed by atoms with Gasteiger partial charge in [-0.3, -0.25) is 0 Å². The van der Waals surface area contributed by atoms with E-state index in [1.165, 1.54) is 0 Å². The van der Waals surface area contributed by atoms with Crippen LogP contribution in [0.5, 0.6) is 0 Å². The first-order chi connectivity index (χ1) is 9.19. The third kappa shape index (κ3) is 2.34. The summed E-state index contributed by atoms with van der Waals surface area (Å²) < 4.78 is 5.36. The molecular formula is C13H17N5O. The Labute approximate surface area is 112 Å². The molecule has 1 saturated carbocycles. The maximum atomic E-state index is 8.97.